The third-order valence-electron chi connectivity index (χ3n) is 2.12. The van der Waals surface area contributed by atoms with Crippen LogP contribution in [0.2, 0.25) is 0 Å². The van der Waals surface area contributed by atoms with E-state index >= 15 is 0 Å². The molecule has 1 aliphatic carbocycles. The number of hydrogen-bond acceptors (Lipinski definition) is 1. The summed E-state index contributed by atoms with van der Waals surface area (Å²) in [5.74, 6) is 0.194. The van der Waals surface area contributed by atoms with E-state index < -0.39 is 0 Å². The van der Waals surface area contributed by atoms with Crippen molar-refractivity contribution in [2.45, 2.75) is 46.1 Å². The van der Waals surface area contributed by atoms with Gasteiger partial charge in [-0.2, -0.15) is 0 Å². The summed E-state index contributed by atoms with van der Waals surface area (Å²) in [5, 5.41) is 0. The van der Waals surface area contributed by atoms with Crippen LogP contribution < -0.4 is 0 Å². The zero-order valence-corrected chi connectivity index (χ0v) is 8.05. The normalized spacial score (nSPS) is 16.0. The van der Waals surface area contributed by atoms with Crippen LogP contribution >= 0.6 is 0 Å². The van der Waals surface area contributed by atoms with Crippen molar-refractivity contribution >= 4 is 5.91 Å². The van der Waals surface area contributed by atoms with E-state index in [1.807, 2.05) is 25.8 Å². The first-order valence-electron chi connectivity index (χ1n) is 4.45. The lowest BCUT2D eigenvalue weighted by Gasteiger charge is -2.33. The van der Waals surface area contributed by atoms with Crippen molar-refractivity contribution in [3.63, 3.8) is 0 Å². The topological polar surface area (TPSA) is 20.3 Å². The van der Waals surface area contributed by atoms with Crippen molar-refractivity contribution in [1.29, 1.82) is 0 Å². The summed E-state index contributed by atoms with van der Waals surface area (Å²) in [6.45, 7) is 5.62. The molecule has 0 aromatic carbocycles. The average Bonchev–Trinajstić information content (AvgIpc) is 1.88. The van der Waals surface area contributed by atoms with Crippen LogP contribution in [0.4, 0.5) is 0 Å². The lowest BCUT2D eigenvalue weighted by molar-refractivity contribution is -0.131. The summed E-state index contributed by atoms with van der Waals surface area (Å²) in [4.78, 5) is 12.5. The van der Waals surface area contributed by atoms with E-state index in [1.165, 1.54) is 19.3 Å². The summed E-state index contributed by atoms with van der Waals surface area (Å²) >= 11 is 0. The molecule has 0 aliphatic heterocycles. The highest BCUT2D eigenvalue weighted by molar-refractivity contribution is 5.73. The maximum Gasteiger partial charge on any atom is 0.219 e. The fourth-order valence-electron chi connectivity index (χ4n) is 1.03. The molecule has 0 bridgehead atoms. The number of carbonyl (C=O) groups excluding carboxylic acids is 1. The first-order chi connectivity index (χ1) is 5.22. The molecule has 0 N–H and O–H groups in total. The molecule has 11 heavy (non-hydrogen) atoms. The molecular weight excluding hydrogens is 138 g/mol. The Kier molecular flexibility index (Phi) is 4.92. The second-order valence-electron chi connectivity index (χ2n) is 2.71. The largest absolute Gasteiger partial charge is 0.343 e. The Morgan fingerprint density at radius 2 is 1.82 bits per heavy atom. The van der Waals surface area contributed by atoms with Gasteiger partial charge in [-0.3, -0.25) is 4.79 Å². The second kappa shape index (κ2) is 5.16. The number of rotatable bonds is 1. The van der Waals surface area contributed by atoms with Gasteiger partial charge in [0.15, 0.2) is 0 Å². The summed E-state index contributed by atoms with van der Waals surface area (Å²) in [6, 6.07) is 0.558. The molecule has 0 radical (unpaired) electrons. The lowest BCUT2D eigenvalue weighted by Crippen LogP contribution is -2.39. The van der Waals surface area contributed by atoms with Gasteiger partial charge in [0.25, 0.3) is 0 Å². The molecule has 0 aromatic heterocycles. The van der Waals surface area contributed by atoms with E-state index in [1.54, 1.807) is 6.92 Å². The lowest BCUT2D eigenvalue weighted by atomic mass is 9.92. The van der Waals surface area contributed by atoms with Gasteiger partial charge in [0.2, 0.25) is 5.91 Å². The minimum Gasteiger partial charge on any atom is -0.343 e. The van der Waals surface area contributed by atoms with Crippen LogP contribution in [-0.4, -0.2) is 23.9 Å². The molecule has 2 nitrogen and oxygen atoms in total. The predicted octanol–water partition coefficient (Wildman–Crippen LogP) is 2.04. The molecule has 1 amide bonds. The summed E-state index contributed by atoms with van der Waals surface area (Å²) in [7, 11) is 1.88. The van der Waals surface area contributed by atoms with E-state index in [4.69, 9.17) is 0 Å². The number of amides is 1. The third-order valence-corrected chi connectivity index (χ3v) is 2.12. The fourth-order valence-corrected chi connectivity index (χ4v) is 1.03. The molecule has 0 heterocycles. The molecule has 2 heteroatoms. The van der Waals surface area contributed by atoms with Gasteiger partial charge in [-0.15, -0.1) is 0 Å². The van der Waals surface area contributed by atoms with Gasteiger partial charge in [-0.05, 0) is 19.3 Å². The molecule has 0 unspecified atom stereocenters. The second-order valence-corrected chi connectivity index (χ2v) is 2.71. The number of carbonyl (C=O) groups is 1. The highest BCUT2D eigenvalue weighted by atomic mass is 16.2. The smallest absolute Gasteiger partial charge is 0.219 e. The Bertz CT molecular complexity index is 119. The van der Waals surface area contributed by atoms with Crippen molar-refractivity contribution in [2.75, 3.05) is 7.05 Å². The van der Waals surface area contributed by atoms with E-state index in [2.05, 4.69) is 0 Å². The number of hydrogen-bond donors (Lipinski definition) is 0. The molecule has 66 valence electrons. The van der Waals surface area contributed by atoms with E-state index in [0.29, 0.717) is 6.04 Å². The molecule has 0 saturated heterocycles. The third kappa shape index (κ3) is 2.91. The maximum absolute atomic E-state index is 10.7. The van der Waals surface area contributed by atoms with Gasteiger partial charge < -0.3 is 4.90 Å². The van der Waals surface area contributed by atoms with E-state index in [-0.39, 0.29) is 5.91 Å². The van der Waals surface area contributed by atoms with Crippen molar-refractivity contribution in [1.82, 2.24) is 4.90 Å². The highest BCUT2D eigenvalue weighted by Gasteiger charge is 2.22. The Morgan fingerprint density at radius 3 is 1.91 bits per heavy atom. The standard InChI is InChI=1S/C7H13NO.C2H6/c1-6(9)8(2)7-4-3-5-7;1-2/h7H,3-5H2,1-2H3;1-2H3. The highest BCUT2D eigenvalue weighted by Crippen LogP contribution is 2.23. The monoisotopic (exact) mass is 157 g/mol. The first-order valence-corrected chi connectivity index (χ1v) is 4.45. The maximum atomic E-state index is 10.7. The molecule has 1 fully saturated rings. The zero-order chi connectivity index (χ0) is 8.85. The van der Waals surface area contributed by atoms with Crippen LogP contribution in [0.5, 0.6) is 0 Å². The van der Waals surface area contributed by atoms with Crippen LogP contribution in [0.15, 0.2) is 0 Å². The van der Waals surface area contributed by atoms with Gasteiger partial charge in [-0.25, -0.2) is 0 Å². The molecule has 0 spiro atoms. The molecule has 0 aromatic rings. The Balaban J connectivity index is 0.000000461. The van der Waals surface area contributed by atoms with Crippen LogP contribution in [0.1, 0.15) is 40.0 Å². The van der Waals surface area contributed by atoms with Crippen LogP contribution in [0.3, 0.4) is 0 Å². The SMILES string of the molecule is CC.CC(=O)N(C)C1CCC1. The van der Waals surface area contributed by atoms with Gasteiger partial charge in [0.05, 0.1) is 0 Å². The van der Waals surface area contributed by atoms with Gasteiger partial charge in [-0.1, -0.05) is 13.8 Å². The summed E-state index contributed by atoms with van der Waals surface area (Å²) in [6.07, 6.45) is 3.70. The van der Waals surface area contributed by atoms with Crippen molar-refractivity contribution in [2.24, 2.45) is 0 Å². The molecule has 1 saturated carbocycles. The Hall–Kier alpha value is -0.530. The molecule has 1 aliphatic rings. The van der Waals surface area contributed by atoms with Crippen molar-refractivity contribution in [3.8, 4) is 0 Å². The van der Waals surface area contributed by atoms with E-state index in [0.717, 1.165) is 0 Å². The Morgan fingerprint density at radius 1 is 1.36 bits per heavy atom. The minimum atomic E-state index is 0.194. The van der Waals surface area contributed by atoms with Gasteiger partial charge >= 0.3 is 0 Å². The predicted molar refractivity (Wildman–Crippen MR) is 47.4 cm³/mol. The Labute approximate surface area is 69.6 Å². The first kappa shape index (κ1) is 10.5. The molecular formula is C9H19NO. The zero-order valence-electron chi connectivity index (χ0n) is 8.05. The van der Waals surface area contributed by atoms with E-state index in [9.17, 15) is 4.79 Å². The van der Waals surface area contributed by atoms with Crippen LogP contribution in [0, 0.1) is 0 Å². The number of nitrogens with zero attached hydrogens (tertiary/aromatic N) is 1. The molecule has 0 atom stereocenters. The average molecular weight is 157 g/mol. The molecule has 1 rings (SSSR count). The van der Waals surface area contributed by atoms with Crippen molar-refractivity contribution < 1.29 is 4.79 Å². The quantitative estimate of drug-likeness (QED) is 0.570. The summed E-state index contributed by atoms with van der Waals surface area (Å²) < 4.78 is 0. The van der Waals surface area contributed by atoms with Crippen LogP contribution in [-0.2, 0) is 4.79 Å². The van der Waals surface area contributed by atoms with Gasteiger partial charge in [0.1, 0.15) is 0 Å². The van der Waals surface area contributed by atoms with Crippen LogP contribution in [0.25, 0.3) is 0 Å². The fraction of sp³-hybridized carbons (Fsp3) is 0.889. The summed E-state index contributed by atoms with van der Waals surface area (Å²) in [5.41, 5.74) is 0. The van der Waals surface area contributed by atoms with Crippen molar-refractivity contribution in [3.05, 3.63) is 0 Å². The van der Waals surface area contributed by atoms with Gasteiger partial charge in [0, 0.05) is 20.0 Å². The minimum absolute atomic E-state index is 0.194.